The highest BCUT2D eigenvalue weighted by Crippen LogP contribution is 2.33. The standard InChI is InChI=1S/C19H14F4O/c1-24-16-10-9-14(18(22)19(16)23)12-7-5-11(6-8-12)13-3-2-4-15(20)17(13)21/h2-10,18-19H,1H3. The molecule has 2 aromatic rings. The van der Waals surface area contributed by atoms with Gasteiger partial charge in [0.2, 0.25) is 0 Å². The highest BCUT2D eigenvalue weighted by molar-refractivity contribution is 5.75. The van der Waals surface area contributed by atoms with E-state index in [1.54, 1.807) is 24.3 Å². The van der Waals surface area contributed by atoms with Crippen LogP contribution in [-0.4, -0.2) is 19.5 Å². The van der Waals surface area contributed by atoms with Gasteiger partial charge >= 0.3 is 0 Å². The van der Waals surface area contributed by atoms with Gasteiger partial charge in [-0.2, -0.15) is 0 Å². The van der Waals surface area contributed by atoms with Gasteiger partial charge < -0.3 is 4.74 Å². The van der Waals surface area contributed by atoms with Crippen molar-refractivity contribution in [3.63, 3.8) is 0 Å². The average molecular weight is 334 g/mol. The molecule has 1 nitrogen and oxygen atoms in total. The first kappa shape index (κ1) is 16.3. The molecule has 3 rings (SSSR count). The second-order valence-electron chi connectivity index (χ2n) is 5.38. The highest BCUT2D eigenvalue weighted by atomic mass is 19.2. The first-order chi connectivity index (χ1) is 11.5. The van der Waals surface area contributed by atoms with Gasteiger partial charge in [0.25, 0.3) is 0 Å². The fourth-order valence-electron chi connectivity index (χ4n) is 2.66. The quantitative estimate of drug-likeness (QED) is 0.698. The van der Waals surface area contributed by atoms with Crippen LogP contribution in [0.25, 0.3) is 16.7 Å². The maximum atomic E-state index is 14.2. The summed E-state index contributed by atoms with van der Waals surface area (Å²) in [5, 5.41) is 0. The summed E-state index contributed by atoms with van der Waals surface area (Å²) in [4.78, 5) is 0. The van der Waals surface area contributed by atoms with E-state index < -0.39 is 24.0 Å². The number of methoxy groups -OCH3 is 1. The second kappa shape index (κ2) is 6.51. The lowest BCUT2D eigenvalue weighted by Gasteiger charge is -2.22. The van der Waals surface area contributed by atoms with Gasteiger partial charge in [0.15, 0.2) is 24.0 Å². The van der Waals surface area contributed by atoms with Crippen LogP contribution in [0, 0.1) is 11.6 Å². The Morgan fingerprint density at radius 1 is 0.833 bits per heavy atom. The van der Waals surface area contributed by atoms with Gasteiger partial charge in [-0.3, -0.25) is 0 Å². The van der Waals surface area contributed by atoms with Gasteiger partial charge in [-0.15, -0.1) is 0 Å². The number of rotatable bonds is 3. The van der Waals surface area contributed by atoms with Crippen molar-refractivity contribution < 1.29 is 22.3 Å². The van der Waals surface area contributed by atoms with Crippen LogP contribution in [0.15, 0.2) is 60.4 Å². The third-order valence-electron chi connectivity index (χ3n) is 3.97. The molecule has 2 unspecified atom stereocenters. The van der Waals surface area contributed by atoms with Gasteiger partial charge in [-0.25, -0.2) is 17.6 Å². The monoisotopic (exact) mass is 334 g/mol. The largest absolute Gasteiger partial charge is 0.498 e. The van der Waals surface area contributed by atoms with Crippen molar-refractivity contribution in [2.45, 2.75) is 12.3 Å². The number of allylic oxidation sites excluding steroid dienone is 4. The van der Waals surface area contributed by atoms with Crippen molar-refractivity contribution in [3.8, 4) is 11.1 Å². The molecule has 0 aliphatic heterocycles. The zero-order valence-corrected chi connectivity index (χ0v) is 12.8. The first-order valence-electron chi connectivity index (χ1n) is 7.31. The smallest absolute Gasteiger partial charge is 0.192 e. The van der Waals surface area contributed by atoms with Crippen molar-refractivity contribution in [1.29, 1.82) is 0 Å². The van der Waals surface area contributed by atoms with E-state index in [4.69, 9.17) is 4.74 Å². The molecule has 0 bridgehead atoms. The average Bonchev–Trinajstić information content (AvgIpc) is 2.60. The van der Waals surface area contributed by atoms with E-state index >= 15 is 0 Å². The summed E-state index contributed by atoms with van der Waals surface area (Å²) in [6.07, 6.45) is -0.870. The molecule has 2 aromatic carbocycles. The number of benzene rings is 2. The lowest BCUT2D eigenvalue weighted by atomic mass is 9.92. The Bertz CT molecular complexity index is 809. The van der Waals surface area contributed by atoms with E-state index in [-0.39, 0.29) is 16.9 Å². The van der Waals surface area contributed by atoms with Crippen LogP contribution >= 0.6 is 0 Å². The van der Waals surface area contributed by atoms with Gasteiger partial charge in [0.05, 0.1) is 7.11 Å². The molecular weight excluding hydrogens is 320 g/mol. The van der Waals surface area contributed by atoms with Gasteiger partial charge in [-0.05, 0) is 28.8 Å². The zero-order chi connectivity index (χ0) is 17.3. The van der Waals surface area contributed by atoms with Crippen molar-refractivity contribution in [2.24, 2.45) is 0 Å². The minimum Gasteiger partial charge on any atom is -0.498 e. The van der Waals surface area contributed by atoms with E-state index in [0.717, 1.165) is 6.07 Å². The predicted molar refractivity (Wildman–Crippen MR) is 84.7 cm³/mol. The van der Waals surface area contributed by atoms with E-state index in [1.165, 1.54) is 31.4 Å². The number of alkyl halides is 2. The summed E-state index contributed by atoms with van der Waals surface area (Å²) in [5.74, 6) is -1.94. The van der Waals surface area contributed by atoms with Crippen LogP contribution in [-0.2, 0) is 4.74 Å². The van der Waals surface area contributed by atoms with Crippen LogP contribution in [0.1, 0.15) is 5.56 Å². The third kappa shape index (κ3) is 2.82. The Morgan fingerprint density at radius 2 is 1.50 bits per heavy atom. The van der Waals surface area contributed by atoms with Crippen LogP contribution < -0.4 is 0 Å². The molecule has 1 aliphatic carbocycles. The van der Waals surface area contributed by atoms with E-state index in [1.807, 2.05) is 0 Å². The van der Waals surface area contributed by atoms with Crippen LogP contribution in [0.3, 0.4) is 0 Å². The molecule has 0 heterocycles. The summed E-state index contributed by atoms with van der Waals surface area (Å²) < 4.78 is 60.1. The summed E-state index contributed by atoms with van der Waals surface area (Å²) in [5.41, 5.74) is 1.21. The third-order valence-corrected chi connectivity index (χ3v) is 3.97. The normalized spacial score (nSPS) is 20.4. The Morgan fingerprint density at radius 3 is 2.17 bits per heavy atom. The first-order valence-corrected chi connectivity index (χ1v) is 7.31. The van der Waals surface area contributed by atoms with E-state index in [9.17, 15) is 17.6 Å². The van der Waals surface area contributed by atoms with E-state index in [2.05, 4.69) is 0 Å². The van der Waals surface area contributed by atoms with Gasteiger partial charge in [-0.1, -0.05) is 42.5 Å². The number of ether oxygens (including phenoxy) is 1. The van der Waals surface area contributed by atoms with E-state index in [0.29, 0.717) is 11.1 Å². The minimum absolute atomic E-state index is 0.0651. The summed E-state index contributed by atoms with van der Waals surface area (Å²) >= 11 is 0. The summed E-state index contributed by atoms with van der Waals surface area (Å²) in [6, 6.07) is 10.1. The van der Waals surface area contributed by atoms with Crippen molar-refractivity contribution in [1.82, 2.24) is 0 Å². The number of hydrogen-bond acceptors (Lipinski definition) is 1. The van der Waals surface area contributed by atoms with Crippen molar-refractivity contribution >= 4 is 5.57 Å². The molecule has 0 radical (unpaired) electrons. The Labute approximate surface area is 136 Å². The highest BCUT2D eigenvalue weighted by Gasteiger charge is 2.32. The molecule has 0 spiro atoms. The van der Waals surface area contributed by atoms with Gasteiger partial charge in [0.1, 0.15) is 5.76 Å². The number of halogens is 4. The second-order valence-corrected chi connectivity index (χ2v) is 5.38. The molecule has 1 aliphatic rings. The maximum Gasteiger partial charge on any atom is 0.192 e. The van der Waals surface area contributed by atoms with Crippen LogP contribution in [0.4, 0.5) is 17.6 Å². The van der Waals surface area contributed by atoms with Crippen molar-refractivity contribution in [2.75, 3.05) is 7.11 Å². The lowest BCUT2D eigenvalue weighted by molar-refractivity contribution is 0.152. The molecule has 0 N–H and O–H groups in total. The number of hydrogen-bond donors (Lipinski definition) is 0. The zero-order valence-electron chi connectivity index (χ0n) is 12.8. The summed E-state index contributed by atoms with van der Waals surface area (Å²) in [7, 11) is 1.28. The topological polar surface area (TPSA) is 9.23 Å². The molecule has 5 heteroatoms. The van der Waals surface area contributed by atoms with Crippen molar-refractivity contribution in [3.05, 3.63) is 77.6 Å². The van der Waals surface area contributed by atoms with Crippen LogP contribution in [0.5, 0.6) is 0 Å². The van der Waals surface area contributed by atoms with Gasteiger partial charge in [0, 0.05) is 5.56 Å². The molecule has 2 atom stereocenters. The predicted octanol–water partition coefficient (Wildman–Crippen LogP) is 5.24. The molecule has 124 valence electrons. The fraction of sp³-hybridized carbons (Fsp3) is 0.158. The molecule has 0 saturated heterocycles. The maximum absolute atomic E-state index is 14.2. The fourth-order valence-corrected chi connectivity index (χ4v) is 2.66. The van der Waals surface area contributed by atoms with Crippen LogP contribution in [0.2, 0.25) is 0 Å². The summed E-state index contributed by atoms with van der Waals surface area (Å²) in [6.45, 7) is 0. The molecular formula is C19H14F4O. The molecule has 0 amide bonds. The Hall–Kier alpha value is -2.56. The molecule has 0 saturated carbocycles. The SMILES string of the molecule is COC1=CC=C(c2ccc(-c3cccc(F)c3F)cc2)C(F)C1F. The molecule has 0 fully saturated rings. The lowest BCUT2D eigenvalue weighted by Crippen LogP contribution is -2.24. The Kier molecular flexibility index (Phi) is 4.42. The Balaban J connectivity index is 1.94. The molecule has 0 aromatic heterocycles. The minimum atomic E-state index is -1.87. The molecule has 24 heavy (non-hydrogen) atoms.